The predicted molar refractivity (Wildman–Crippen MR) is 81.4 cm³/mol. The summed E-state index contributed by atoms with van der Waals surface area (Å²) in [5, 5.41) is 10.7. The monoisotopic (exact) mass is 332 g/mol. The molecule has 2 atom stereocenters. The van der Waals surface area contributed by atoms with Crippen molar-refractivity contribution in [3.8, 4) is 0 Å². The molecule has 0 aliphatic carbocycles. The highest BCUT2D eigenvalue weighted by Gasteiger charge is 2.32. The summed E-state index contributed by atoms with van der Waals surface area (Å²) in [6.07, 6.45) is 0.725. The molecule has 6 nitrogen and oxygen atoms in total. The Balaban J connectivity index is 2.27. The van der Waals surface area contributed by atoms with Gasteiger partial charge in [0.05, 0.1) is 0 Å². The van der Waals surface area contributed by atoms with E-state index in [1.54, 1.807) is 12.3 Å². The van der Waals surface area contributed by atoms with Crippen LogP contribution < -0.4 is 4.72 Å². The second-order valence-corrected chi connectivity index (χ2v) is 8.17. The third-order valence-corrected chi connectivity index (χ3v) is 6.69. The van der Waals surface area contributed by atoms with Crippen LogP contribution in [0, 0.1) is 12.8 Å². The van der Waals surface area contributed by atoms with Gasteiger partial charge in [0, 0.05) is 12.6 Å². The first-order valence-corrected chi connectivity index (χ1v) is 9.11. The van der Waals surface area contributed by atoms with Crippen molar-refractivity contribution in [3.63, 3.8) is 0 Å². The maximum Gasteiger partial charge on any atom is 0.347 e. The molecule has 1 aliphatic heterocycles. The molecule has 0 saturated carbocycles. The largest absolute Gasteiger partial charge is 0.477 e. The predicted octanol–water partition coefficient (Wildman–Crippen LogP) is 1.37. The first kappa shape index (κ1) is 16.4. The molecular weight excluding hydrogens is 312 g/mol. The number of hydrogen-bond donors (Lipinski definition) is 2. The van der Waals surface area contributed by atoms with E-state index in [2.05, 4.69) is 9.62 Å². The Morgan fingerprint density at radius 3 is 2.76 bits per heavy atom. The zero-order valence-electron chi connectivity index (χ0n) is 12.3. The van der Waals surface area contributed by atoms with Gasteiger partial charge in [-0.15, -0.1) is 11.3 Å². The molecular formula is C13H20N2O4S2. The van der Waals surface area contributed by atoms with Gasteiger partial charge in [-0.2, -0.15) is 0 Å². The van der Waals surface area contributed by atoms with Gasteiger partial charge >= 0.3 is 5.97 Å². The van der Waals surface area contributed by atoms with E-state index >= 15 is 0 Å². The Morgan fingerprint density at radius 1 is 1.52 bits per heavy atom. The number of carboxylic acid groups (broad SMARTS) is 1. The number of nitrogens with one attached hydrogen (secondary N) is 1. The van der Waals surface area contributed by atoms with Gasteiger partial charge in [0.2, 0.25) is 10.0 Å². The van der Waals surface area contributed by atoms with Crippen LogP contribution in [0.5, 0.6) is 0 Å². The van der Waals surface area contributed by atoms with Crippen molar-refractivity contribution in [2.24, 2.45) is 5.92 Å². The quantitative estimate of drug-likeness (QED) is 0.870. The molecule has 1 aromatic rings. The number of aryl methyl sites for hydroxylation is 1. The molecule has 1 aliphatic rings. The van der Waals surface area contributed by atoms with Crippen molar-refractivity contribution in [1.82, 2.24) is 9.62 Å². The van der Waals surface area contributed by atoms with E-state index < -0.39 is 16.0 Å². The Bertz CT molecular complexity index is 639. The molecule has 1 fully saturated rings. The van der Waals surface area contributed by atoms with Gasteiger partial charge in [0.15, 0.2) is 0 Å². The van der Waals surface area contributed by atoms with Gasteiger partial charge in [0.1, 0.15) is 9.77 Å². The van der Waals surface area contributed by atoms with Gasteiger partial charge in [0.25, 0.3) is 0 Å². The summed E-state index contributed by atoms with van der Waals surface area (Å²) in [7, 11) is -1.81. The average Bonchev–Trinajstić information content (AvgIpc) is 2.76. The number of aromatic carboxylic acids is 1. The van der Waals surface area contributed by atoms with Crippen molar-refractivity contribution in [2.75, 3.05) is 20.1 Å². The second-order valence-electron chi connectivity index (χ2n) is 5.64. The first-order chi connectivity index (χ1) is 9.72. The number of thiophene rings is 1. The number of hydrogen-bond acceptors (Lipinski definition) is 5. The van der Waals surface area contributed by atoms with Gasteiger partial charge < -0.3 is 10.0 Å². The van der Waals surface area contributed by atoms with E-state index in [1.807, 2.05) is 14.0 Å². The molecule has 118 valence electrons. The lowest BCUT2D eigenvalue weighted by molar-refractivity contribution is 0.0698. The lowest BCUT2D eigenvalue weighted by Gasteiger charge is -2.35. The third-order valence-electron chi connectivity index (χ3n) is 3.80. The van der Waals surface area contributed by atoms with Crippen LogP contribution in [0.3, 0.4) is 0 Å². The van der Waals surface area contributed by atoms with Crippen molar-refractivity contribution < 1.29 is 18.3 Å². The van der Waals surface area contributed by atoms with Crippen molar-refractivity contribution in [2.45, 2.75) is 31.2 Å². The Kier molecular flexibility index (Phi) is 4.72. The maximum atomic E-state index is 12.6. The van der Waals surface area contributed by atoms with Gasteiger partial charge in [-0.3, -0.25) is 0 Å². The molecule has 0 radical (unpaired) electrons. The molecule has 2 rings (SSSR count). The minimum absolute atomic E-state index is 0.0915. The maximum absolute atomic E-state index is 12.6. The standard InChI is InChI=1S/C13H20N2O4S2/c1-8-6-15(3)5-4-10(8)14-21(18,19)12-9(2)7-20-11(12)13(16)17/h7-8,10,14H,4-6H2,1-3H3,(H,16,17). The lowest BCUT2D eigenvalue weighted by atomic mass is 9.95. The molecule has 1 aromatic heterocycles. The number of rotatable bonds is 4. The van der Waals surface area contributed by atoms with Crippen LogP contribution in [0.25, 0.3) is 0 Å². The Labute approximate surface area is 128 Å². The zero-order chi connectivity index (χ0) is 15.8. The summed E-state index contributed by atoms with van der Waals surface area (Å²) >= 11 is 0.947. The molecule has 2 heterocycles. The molecule has 2 N–H and O–H groups in total. The van der Waals surface area contributed by atoms with Crippen LogP contribution in [-0.2, 0) is 10.0 Å². The fourth-order valence-corrected chi connectivity index (χ4v) is 5.71. The van der Waals surface area contributed by atoms with E-state index in [0.29, 0.717) is 5.56 Å². The van der Waals surface area contributed by atoms with Crippen LogP contribution in [-0.4, -0.2) is 50.6 Å². The normalized spacial score (nSPS) is 24.1. The fraction of sp³-hybridized carbons (Fsp3) is 0.615. The van der Waals surface area contributed by atoms with E-state index in [-0.39, 0.29) is 21.7 Å². The van der Waals surface area contributed by atoms with Gasteiger partial charge in [-0.05, 0) is 43.8 Å². The number of sulfonamides is 1. The highest BCUT2D eigenvalue weighted by atomic mass is 32.2. The molecule has 0 bridgehead atoms. The number of likely N-dealkylation sites (tertiary alicyclic amines) is 1. The number of nitrogens with zero attached hydrogens (tertiary/aromatic N) is 1. The van der Waals surface area contributed by atoms with Crippen molar-refractivity contribution in [3.05, 3.63) is 15.8 Å². The van der Waals surface area contributed by atoms with E-state index in [1.165, 1.54) is 0 Å². The van der Waals surface area contributed by atoms with Crippen LogP contribution >= 0.6 is 11.3 Å². The molecule has 0 aromatic carbocycles. The third kappa shape index (κ3) is 3.45. The van der Waals surface area contributed by atoms with Crippen LogP contribution in [0.4, 0.5) is 0 Å². The molecule has 2 unspecified atom stereocenters. The van der Waals surface area contributed by atoms with E-state index in [9.17, 15) is 13.2 Å². The molecule has 0 amide bonds. The number of piperidine rings is 1. The summed E-state index contributed by atoms with van der Waals surface area (Å²) < 4.78 is 27.8. The van der Waals surface area contributed by atoms with E-state index in [4.69, 9.17) is 5.11 Å². The van der Waals surface area contributed by atoms with Crippen LogP contribution in [0.15, 0.2) is 10.3 Å². The van der Waals surface area contributed by atoms with Crippen molar-refractivity contribution >= 4 is 27.3 Å². The molecule has 0 spiro atoms. The number of carboxylic acids is 1. The highest BCUT2D eigenvalue weighted by molar-refractivity contribution is 7.89. The van der Waals surface area contributed by atoms with Crippen molar-refractivity contribution in [1.29, 1.82) is 0 Å². The summed E-state index contributed by atoms with van der Waals surface area (Å²) in [6, 6.07) is -0.160. The smallest absolute Gasteiger partial charge is 0.347 e. The average molecular weight is 332 g/mol. The van der Waals surface area contributed by atoms with E-state index in [0.717, 1.165) is 30.8 Å². The minimum atomic E-state index is -3.81. The molecule has 1 saturated heterocycles. The Morgan fingerprint density at radius 2 is 2.19 bits per heavy atom. The number of carbonyl (C=O) groups is 1. The molecule has 8 heteroatoms. The lowest BCUT2D eigenvalue weighted by Crippen LogP contribution is -2.48. The molecule has 21 heavy (non-hydrogen) atoms. The van der Waals surface area contributed by atoms with Gasteiger partial charge in [-0.1, -0.05) is 6.92 Å². The summed E-state index contributed by atoms with van der Waals surface area (Å²) in [6.45, 7) is 5.27. The first-order valence-electron chi connectivity index (χ1n) is 6.74. The summed E-state index contributed by atoms with van der Waals surface area (Å²) in [4.78, 5) is 13.1. The second kappa shape index (κ2) is 6.04. The minimum Gasteiger partial charge on any atom is -0.477 e. The fourth-order valence-electron chi connectivity index (χ4n) is 2.70. The summed E-state index contributed by atoms with van der Waals surface area (Å²) in [5.41, 5.74) is 0.477. The zero-order valence-corrected chi connectivity index (χ0v) is 13.9. The topological polar surface area (TPSA) is 86.7 Å². The SMILES string of the molecule is Cc1csc(C(=O)O)c1S(=O)(=O)NC1CCN(C)CC1C. The summed E-state index contributed by atoms with van der Waals surface area (Å²) in [5.74, 6) is -1.02. The Hall–Kier alpha value is -0.960. The van der Waals surface area contributed by atoms with Crippen LogP contribution in [0.1, 0.15) is 28.6 Å². The van der Waals surface area contributed by atoms with Gasteiger partial charge in [-0.25, -0.2) is 17.9 Å². The van der Waals surface area contributed by atoms with Crippen LogP contribution in [0.2, 0.25) is 0 Å². The highest BCUT2D eigenvalue weighted by Crippen LogP contribution is 2.28.